The molecule has 0 spiro atoms. The van der Waals surface area contributed by atoms with E-state index < -0.39 is 5.82 Å². The smallest absolute Gasteiger partial charge is 0.256 e. The predicted octanol–water partition coefficient (Wildman–Crippen LogP) is 2.09. The van der Waals surface area contributed by atoms with Crippen LogP contribution in [-0.4, -0.2) is 17.4 Å². The van der Waals surface area contributed by atoms with E-state index in [4.69, 9.17) is 5.73 Å². The van der Waals surface area contributed by atoms with E-state index in [1.165, 1.54) is 18.2 Å². The normalized spacial score (nSPS) is 9.67. The van der Waals surface area contributed by atoms with Gasteiger partial charge in [-0.05, 0) is 36.8 Å². The Bertz CT molecular complexity index is 732. The van der Waals surface area contributed by atoms with Gasteiger partial charge in [-0.25, -0.2) is 4.39 Å². The Labute approximate surface area is 122 Å². The fourth-order valence-corrected chi connectivity index (χ4v) is 1.75. The SMILES string of the molecule is Cc1ccncc1NC(=O)c1ccc(F)cc1C#CCN. The van der Waals surface area contributed by atoms with Gasteiger partial charge in [0.2, 0.25) is 0 Å². The van der Waals surface area contributed by atoms with Crippen LogP contribution in [0.25, 0.3) is 0 Å². The van der Waals surface area contributed by atoms with E-state index in [0.717, 1.165) is 5.56 Å². The Kier molecular flexibility index (Phi) is 4.64. The van der Waals surface area contributed by atoms with Crippen LogP contribution in [0, 0.1) is 24.6 Å². The third-order valence-corrected chi connectivity index (χ3v) is 2.84. The molecule has 0 unspecified atom stereocenters. The maximum atomic E-state index is 13.3. The summed E-state index contributed by atoms with van der Waals surface area (Å²) in [6.07, 6.45) is 3.20. The van der Waals surface area contributed by atoms with Crippen molar-refractivity contribution in [2.24, 2.45) is 5.73 Å². The van der Waals surface area contributed by atoms with E-state index in [-0.39, 0.29) is 12.5 Å². The molecule has 4 nitrogen and oxygen atoms in total. The Morgan fingerprint density at radius 1 is 1.43 bits per heavy atom. The molecule has 2 rings (SSSR count). The number of hydrogen-bond acceptors (Lipinski definition) is 3. The molecular weight excluding hydrogens is 269 g/mol. The van der Waals surface area contributed by atoms with Crippen molar-refractivity contribution < 1.29 is 9.18 Å². The van der Waals surface area contributed by atoms with Gasteiger partial charge in [0, 0.05) is 11.8 Å². The number of benzene rings is 1. The largest absolute Gasteiger partial charge is 0.320 e. The predicted molar refractivity (Wildman–Crippen MR) is 79.3 cm³/mol. The highest BCUT2D eigenvalue weighted by Crippen LogP contribution is 2.16. The van der Waals surface area contributed by atoms with Crippen LogP contribution in [-0.2, 0) is 0 Å². The van der Waals surface area contributed by atoms with Crippen LogP contribution in [0.4, 0.5) is 10.1 Å². The second-order valence-electron chi connectivity index (χ2n) is 4.34. The van der Waals surface area contributed by atoms with Gasteiger partial charge in [-0.1, -0.05) is 11.8 Å². The molecule has 1 aromatic carbocycles. The van der Waals surface area contributed by atoms with Gasteiger partial charge >= 0.3 is 0 Å². The summed E-state index contributed by atoms with van der Waals surface area (Å²) in [7, 11) is 0. The van der Waals surface area contributed by atoms with Gasteiger partial charge in [0.15, 0.2) is 0 Å². The maximum Gasteiger partial charge on any atom is 0.256 e. The fourth-order valence-electron chi connectivity index (χ4n) is 1.75. The van der Waals surface area contributed by atoms with E-state index >= 15 is 0 Å². The third kappa shape index (κ3) is 3.65. The monoisotopic (exact) mass is 283 g/mol. The molecule has 1 aromatic heterocycles. The molecule has 5 heteroatoms. The molecule has 0 bridgehead atoms. The zero-order valence-corrected chi connectivity index (χ0v) is 11.5. The second kappa shape index (κ2) is 6.64. The molecule has 0 fully saturated rings. The Balaban J connectivity index is 2.33. The minimum absolute atomic E-state index is 0.138. The average Bonchev–Trinajstić information content (AvgIpc) is 2.47. The van der Waals surface area contributed by atoms with Crippen LogP contribution < -0.4 is 11.1 Å². The van der Waals surface area contributed by atoms with Crippen LogP contribution in [0.15, 0.2) is 36.7 Å². The molecule has 21 heavy (non-hydrogen) atoms. The van der Waals surface area contributed by atoms with E-state index in [1.807, 2.05) is 6.92 Å². The summed E-state index contributed by atoms with van der Waals surface area (Å²) in [5, 5.41) is 2.74. The van der Waals surface area contributed by atoms with Crippen molar-refractivity contribution in [2.75, 3.05) is 11.9 Å². The number of hydrogen-bond donors (Lipinski definition) is 2. The van der Waals surface area contributed by atoms with Gasteiger partial charge in [0.25, 0.3) is 5.91 Å². The van der Waals surface area contributed by atoms with Crippen molar-refractivity contribution in [3.05, 3.63) is 59.2 Å². The Morgan fingerprint density at radius 2 is 2.24 bits per heavy atom. The number of aromatic nitrogens is 1. The first-order chi connectivity index (χ1) is 10.1. The van der Waals surface area contributed by atoms with Crippen molar-refractivity contribution in [1.82, 2.24) is 4.98 Å². The molecule has 0 aliphatic carbocycles. The molecule has 0 radical (unpaired) electrons. The lowest BCUT2D eigenvalue weighted by Gasteiger charge is -2.09. The fraction of sp³-hybridized carbons (Fsp3) is 0.125. The first-order valence-corrected chi connectivity index (χ1v) is 6.32. The first kappa shape index (κ1) is 14.7. The van der Waals surface area contributed by atoms with Gasteiger partial charge in [-0.3, -0.25) is 9.78 Å². The van der Waals surface area contributed by atoms with Crippen molar-refractivity contribution >= 4 is 11.6 Å². The highest BCUT2D eigenvalue weighted by molar-refractivity contribution is 6.06. The highest BCUT2D eigenvalue weighted by atomic mass is 19.1. The second-order valence-corrected chi connectivity index (χ2v) is 4.34. The summed E-state index contributed by atoms with van der Waals surface area (Å²) in [5.74, 6) is 4.50. The topological polar surface area (TPSA) is 68.0 Å². The van der Waals surface area contributed by atoms with Crippen molar-refractivity contribution in [2.45, 2.75) is 6.92 Å². The number of nitrogens with zero attached hydrogens (tertiary/aromatic N) is 1. The number of aryl methyl sites for hydroxylation is 1. The number of nitrogens with two attached hydrogens (primary N) is 1. The molecule has 1 amide bonds. The lowest BCUT2D eigenvalue weighted by Crippen LogP contribution is -2.14. The molecule has 0 saturated heterocycles. The minimum atomic E-state index is -0.453. The number of rotatable bonds is 2. The number of carbonyl (C=O) groups is 1. The van der Waals surface area contributed by atoms with Gasteiger partial charge in [0.1, 0.15) is 5.82 Å². The quantitative estimate of drug-likeness (QED) is 0.829. The number of halogens is 1. The summed E-state index contributed by atoms with van der Waals surface area (Å²) in [4.78, 5) is 16.3. The molecule has 0 aliphatic heterocycles. The highest BCUT2D eigenvalue weighted by Gasteiger charge is 2.12. The Hall–Kier alpha value is -2.71. The Morgan fingerprint density at radius 3 is 2.95 bits per heavy atom. The third-order valence-electron chi connectivity index (χ3n) is 2.84. The van der Waals surface area contributed by atoms with Gasteiger partial charge < -0.3 is 11.1 Å². The average molecular weight is 283 g/mol. The van der Waals surface area contributed by atoms with Crippen LogP contribution in [0.1, 0.15) is 21.5 Å². The lowest BCUT2D eigenvalue weighted by atomic mass is 10.1. The molecule has 106 valence electrons. The van der Waals surface area contributed by atoms with Crippen LogP contribution >= 0.6 is 0 Å². The molecular formula is C16H14FN3O. The first-order valence-electron chi connectivity index (χ1n) is 6.32. The van der Waals surface area contributed by atoms with Crippen LogP contribution in [0.5, 0.6) is 0 Å². The van der Waals surface area contributed by atoms with Gasteiger partial charge in [0.05, 0.1) is 24.0 Å². The number of pyridine rings is 1. The molecule has 3 N–H and O–H groups in total. The van der Waals surface area contributed by atoms with Crippen molar-refractivity contribution in [3.8, 4) is 11.8 Å². The minimum Gasteiger partial charge on any atom is -0.320 e. The van der Waals surface area contributed by atoms with E-state index in [2.05, 4.69) is 22.1 Å². The molecule has 0 atom stereocenters. The van der Waals surface area contributed by atoms with Crippen molar-refractivity contribution in [1.29, 1.82) is 0 Å². The number of carbonyl (C=O) groups excluding carboxylic acids is 1. The van der Waals surface area contributed by atoms with E-state index in [9.17, 15) is 9.18 Å². The summed E-state index contributed by atoms with van der Waals surface area (Å²) < 4.78 is 13.3. The summed E-state index contributed by atoms with van der Waals surface area (Å²) in [6, 6.07) is 5.62. The molecule has 2 aromatic rings. The summed E-state index contributed by atoms with van der Waals surface area (Å²) >= 11 is 0. The number of amides is 1. The molecule has 0 saturated carbocycles. The van der Waals surface area contributed by atoms with E-state index in [0.29, 0.717) is 16.8 Å². The number of nitrogens with one attached hydrogen (secondary N) is 1. The molecule has 0 aliphatic rings. The van der Waals surface area contributed by atoms with Crippen LogP contribution in [0.3, 0.4) is 0 Å². The standard InChI is InChI=1S/C16H14FN3O/c1-11-6-8-19-10-15(11)20-16(21)14-5-4-13(17)9-12(14)3-2-7-18/h4-6,8-10H,7,18H2,1H3,(H,20,21). The van der Waals surface area contributed by atoms with E-state index in [1.54, 1.807) is 18.5 Å². The zero-order valence-electron chi connectivity index (χ0n) is 11.5. The number of anilines is 1. The summed E-state index contributed by atoms with van der Waals surface area (Å²) in [5.41, 5.74) is 7.39. The lowest BCUT2D eigenvalue weighted by molar-refractivity contribution is 0.102. The van der Waals surface area contributed by atoms with Gasteiger partial charge in [-0.2, -0.15) is 0 Å². The van der Waals surface area contributed by atoms with Crippen molar-refractivity contribution in [3.63, 3.8) is 0 Å². The van der Waals surface area contributed by atoms with Crippen LogP contribution in [0.2, 0.25) is 0 Å². The van der Waals surface area contributed by atoms with Gasteiger partial charge in [-0.15, -0.1) is 0 Å². The summed E-state index contributed by atoms with van der Waals surface area (Å²) in [6.45, 7) is 2.00. The molecule has 1 heterocycles. The zero-order chi connectivity index (χ0) is 15.2. The maximum absolute atomic E-state index is 13.3.